The largest absolute Gasteiger partial charge is 0.494 e. The molecule has 3 fully saturated rings. The molecule has 3 aliphatic rings. The first-order chi connectivity index (χ1) is 11.2. The summed E-state index contributed by atoms with van der Waals surface area (Å²) < 4.78 is 5.64. The minimum Gasteiger partial charge on any atom is -0.494 e. The molecule has 1 aromatic rings. The van der Waals surface area contributed by atoms with E-state index in [0.717, 1.165) is 24.3 Å². The monoisotopic (exact) mass is 310 g/mol. The van der Waals surface area contributed by atoms with Crippen LogP contribution in [0.15, 0.2) is 24.3 Å². The van der Waals surface area contributed by atoms with Gasteiger partial charge in [0.2, 0.25) is 0 Å². The van der Waals surface area contributed by atoms with Crippen molar-refractivity contribution >= 4 is 0 Å². The maximum Gasteiger partial charge on any atom is 0.119 e. The Hall–Kier alpha value is -1.42. The molecular formula is C22H30O. The van der Waals surface area contributed by atoms with Gasteiger partial charge in [0.15, 0.2) is 0 Å². The van der Waals surface area contributed by atoms with Gasteiger partial charge in [-0.2, -0.15) is 0 Å². The summed E-state index contributed by atoms with van der Waals surface area (Å²) in [5, 5.41) is 0. The predicted octanol–water partition coefficient (Wildman–Crippen LogP) is 5.97. The van der Waals surface area contributed by atoms with Gasteiger partial charge in [-0.25, -0.2) is 0 Å². The minimum absolute atomic E-state index is 0.312. The summed E-state index contributed by atoms with van der Waals surface area (Å²) in [5.41, 5.74) is 2.11. The summed E-state index contributed by atoms with van der Waals surface area (Å²) in [6, 6.07) is 8.29. The van der Waals surface area contributed by atoms with Crippen molar-refractivity contribution in [3.8, 4) is 17.6 Å². The zero-order valence-electron chi connectivity index (χ0n) is 14.8. The van der Waals surface area contributed by atoms with E-state index in [-0.39, 0.29) is 0 Å². The standard InChI is InChI=1S/C22H30O/c1-3-10-21-12-15-22(16-13-21,17-14-21)11-9-19-5-7-20(8-6-19)23-18-4-2/h5-8H,3-4,10,12-18H2,1-2H3. The topological polar surface area (TPSA) is 9.23 Å². The highest BCUT2D eigenvalue weighted by atomic mass is 16.5. The van der Waals surface area contributed by atoms with Crippen LogP contribution in [0.1, 0.15) is 77.2 Å². The molecule has 4 rings (SSSR count). The lowest BCUT2D eigenvalue weighted by Crippen LogP contribution is -2.40. The molecular weight excluding hydrogens is 280 g/mol. The van der Waals surface area contributed by atoms with E-state index in [4.69, 9.17) is 4.74 Å². The molecule has 124 valence electrons. The van der Waals surface area contributed by atoms with Crippen LogP contribution in [-0.2, 0) is 0 Å². The third kappa shape index (κ3) is 3.74. The van der Waals surface area contributed by atoms with Crippen molar-refractivity contribution < 1.29 is 4.74 Å². The number of ether oxygens (including phenoxy) is 1. The van der Waals surface area contributed by atoms with Crippen molar-refractivity contribution in [3.05, 3.63) is 29.8 Å². The Morgan fingerprint density at radius 2 is 1.57 bits per heavy atom. The molecule has 0 aromatic heterocycles. The number of hydrogen-bond acceptors (Lipinski definition) is 1. The van der Waals surface area contributed by atoms with Crippen molar-refractivity contribution in [1.82, 2.24) is 0 Å². The van der Waals surface area contributed by atoms with E-state index >= 15 is 0 Å². The van der Waals surface area contributed by atoms with Gasteiger partial charge in [-0.05, 0) is 81.0 Å². The van der Waals surface area contributed by atoms with Crippen LogP contribution in [0.25, 0.3) is 0 Å². The smallest absolute Gasteiger partial charge is 0.119 e. The quantitative estimate of drug-likeness (QED) is 0.609. The second-order valence-electron chi connectivity index (χ2n) is 7.65. The molecule has 3 saturated carbocycles. The van der Waals surface area contributed by atoms with Crippen LogP contribution >= 0.6 is 0 Å². The van der Waals surface area contributed by atoms with Crippen molar-refractivity contribution in [2.75, 3.05) is 6.61 Å². The average molecular weight is 310 g/mol. The lowest BCUT2D eigenvalue weighted by atomic mass is 9.53. The Bertz CT molecular complexity index is 548. The molecule has 1 heteroatoms. The van der Waals surface area contributed by atoms with Crippen molar-refractivity contribution in [2.24, 2.45) is 10.8 Å². The second kappa shape index (κ2) is 7.00. The summed E-state index contributed by atoms with van der Waals surface area (Å²) in [4.78, 5) is 0. The molecule has 0 atom stereocenters. The minimum atomic E-state index is 0.312. The van der Waals surface area contributed by atoms with Gasteiger partial charge in [-0.3, -0.25) is 0 Å². The number of hydrogen-bond donors (Lipinski definition) is 0. The van der Waals surface area contributed by atoms with Crippen LogP contribution in [0, 0.1) is 22.7 Å². The number of benzene rings is 1. The van der Waals surface area contributed by atoms with Crippen LogP contribution in [0.5, 0.6) is 5.75 Å². The van der Waals surface area contributed by atoms with E-state index in [1.165, 1.54) is 51.4 Å². The van der Waals surface area contributed by atoms with Crippen LogP contribution in [0.2, 0.25) is 0 Å². The number of fused-ring (bicyclic) bond motifs is 3. The Morgan fingerprint density at radius 3 is 2.13 bits per heavy atom. The molecule has 1 nitrogen and oxygen atoms in total. The molecule has 23 heavy (non-hydrogen) atoms. The van der Waals surface area contributed by atoms with Crippen LogP contribution < -0.4 is 4.74 Å². The van der Waals surface area contributed by atoms with Gasteiger partial charge in [0, 0.05) is 11.0 Å². The highest BCUT2D eigenvalue weighted by molar-refractivity contribution is 5.39. The summed E-state index contributed by atoms with van der Waals surface area (Å²) in [5.74, 6) is 8.08. The van der Waals surface area contributed by atoms with Crippen molar-refractivity contribution in [1.29, 1.82) is 0 Å². The molecule has 3 aliphatic carbocycles. The van der Waals surface area contributed by atoms with E-state index in [0.29, 0.717) is 10.8 Å². The molecule has 0 saturated heterocycles. The molecule has 0 unspecified atom stereocenters. The van der Waals surface area contributed by atoms with E-state index in [1.54, 1.807) is 0 Å². The highest BCUT2D eigenvalue weighted by Gasteiger charge is 2.47. The molecule has 0 amide bonds. The average Bonchev–Trinajstić information content (AvgIpc) is 2.61. The third-order valence-corrected chi connectivity index (χ3v) is 5.98. The predicted molar refractivity (Wildman–Crippen MR) is 96.6 cm³/mol. The zero-order chi connectivity index (χ0) is 16.2. The van der Waals surface area contributed by atoms with Gasteiger partial charge < -0.3 is 4.74 Å². The van der Waals surface area contributed by atoms with Gasteiger partial charge in [-0.1, -0.05) is 32.1 Å². The first-order valence-corrected chi connectivity index (χ1v) is 9.45. The molecule has 1 aromatic carbocycles. The summed E-state index contributed by atoms with van der Waals surface area (Å²) in [6.07, 6.45) is 12.0. The summed E-state index contributed by atoms with van der Waals surface area (Å²) in [7, 11) is 0. The van der Waals surface area contributed by atoms with E-state index in [9.17, 15) is 0 Å². The van der Waals surface area contributed by atoms with Crippen LogP contribution in [0.3, 0.4) is 0 Å². The summed E-state index contributed by atoms with van der Waals surface area (Å²) in [6.45, 7) is 5.25. The first kappa shape index (κ1) is 16.4. The van der Waals surface area contributed by atoms with Gasteiger partial charge in [0.25, 0.3) is 0 Å². The van der Waals surface area contributed by atoms with Crippen LogP contribution in [0.4, 0.5) is 0 Å². The SMILES string of the molecule is CCCOc1ccc(C#CC23CCC(CCC)(CC2)CC3)cc1. The molecule has 0 aliphatic heterocycles. The molecule has 0 spiro atoms. The molecule has 0 radical (unpaired) electrons. The van der Waals surface area contributed by atoms with Gasteiger partial charge in [-0.15, -0.1) is 0 Å². The lowest BCUT2D eigenvalue weighted by molar-refractivity contribution is 0.0200. The van der Waals surface area contributed by atoms with Gasteiger partial charge in [0.1, 0.15) is 5.75 Å². The normalized spacial score (nSPS) is 29.0. The molecule has 2 bridgehead atoms. The Morgan fingerprint density at radius 1 is 0.913 bits per heavy atom. The third-order valence-electron chi connectivity index (χ3n) is 5.98. The molecule has 0 N–H and O–H groups in total. The zero-order valence-corrected chi connectivity index (χ0v) is 14.8. The maximum atomic E-state index is 5.64. The van der Waals surface area contributed by atoms with E-state index < -0.39 is 0 Å². The Kier molecular flexibility index (Phi) is 5.00. The van der Waals surface area contributed by atoms with E-state index in [2.05, 4.69) is 37.8 Å². The fourth-order valence-electron chi connectivity index (χ4n) is 4.42. The fourth-order valence-corrected chi connectivity index (χ4v) is 4.42. The Balaban J connectivity index is 1.64. The van der Waals surface area contributed by atoms with Crippen LogP contribution in [-0.4, -0.2) is 6.61 Å². The first-order valence-electron chi connectivity index (χ1n) is 9.45. The van der Waals surface area contributed by atoms with E-state index in [1.807, 2.05) is 12.1 Å². The summed E-state index contributed by atoms with van der Waals surface area (Å²) >= 11 is 0. The fraction of sp³-hybridized carbons (Fsp3) is 0.636. The number of rotatable bonds is 5. The highest BCUT2D eigenvalue weighted by Crippen LogP contribution is 2.58. The van der Waals surface area contributed by atoms with Crippen molar-refractivity contribution in [3.63, 3.8) is 0 Å². The lowest BCUT2D eigenvalue weighted by Gasteiger charge is -2.51. The second-order valence-corrected chi connectivity index (χ2v) is 7.65. The van der Waals surface area contributed by atoms with Gasteiger partial charge >= 0.3 is 0 Å². The van der Waals surface area contributed by atoms with Crippen molar-refractivity contribution in [2.45, 2.75) is 71.6 Å². The maximum absolute atomic E-state index is 5.64. The van der Waals surface area contributed by atoms with Gasteiger partial charge in [0.05, 0.1) is 6.61 Å². The Labute approximate surface area is 141 Å². The molecule has 0 heterocycles.